The maximum absolute atomic E-state index is 12.5. The van der Waals surface area contributed by atoms with Gasteiger partial charge in [-0.15, -0.1) is 0 Å². The molecule has 1 amide bonds. The number of sulfone groups is 1. The van der Waals surface area contributed by atoms with Crippen molar-refractivity contribution in [3.8, 4) is 0 Å². The van der Waals surface area contributed by atoms with Crippen LogP contribution in [0.2, 0.25) is 0 Å². The molecule has 0 radical (unpaired) electrons. The van der Waals surface area contributed by atoms with Gasteiger partial charge in [-0.1, -0.05) is 18.2 Å². The monoisotopic (exact) mass is 424 g/mol. The van der Waals surface area contributed by atoms with Gasteiger partial charge in [-0.2, -0.15) is 0 Å². The molecular formula is C19H24N2O5S2. The highest BCUT2D eigenvalue weighted by molar-refractivity contribution is 7.90. The molecule has 0 saturated heterocycles. The second-order valence-electron chi connectivity index (χ2n) is 6.85. The molecule has 2 aromatic carbocycles. The minimum Gasteiger partial charge on any atom is -0.348 e. The number of benzene rings is 2. The van der Waals surface area contributed by atoms with Gasteiger partial charge in [-0.3, -0.25) is 4.79 Å². The Morgan fingerprint density at radius 2 is 1.68 bits per heavy atom. The maximum Gasteiger partial charge on any atom is 0.251 e. The Balaban J connectivity index is 2.19. The van der Waals surface area contributed by atoms with Crippen molar-refractivity contribution < 1.29 is 21.6 Å². The number of rotatable bonds is 7. The molecule has 0 heterocycles. The molecule has 9 heteroatoms. The molecule has 0 aliphatic carbocycles. The van der Waals surface area contributed by atoms with E-state index < -0.39 is 25.8 Å². The number of hydrogen-bond donors (Lipinski definition) is 2. The average Bonchev–Trinajstić information content (AvgIpc) is 2.58. The van der Waals surface area contributed by atoms with Crippen LogP contribution >= 0.6 is 0 Å². The molecule has 0 fully saturated rings. The smallest absolute Gasteiger partial charge is 0.251 e. The highest BCUT2D eigenvalue weighted by Gasteiger charge is 2.17. The van der Waals surface area contributed by atoms with Gasteiger partial charge in [0.2, 0.25) is 10.0 Å². The van der Waals surface area contributed by atoms with Gasteiger partial charge in [0.1, 0.15) is 0 Å². The molecular weight excluding hydrogens is 400 g/mol. The predicted octanol–water partition coefficient (Wildman–Crippen LogP) is 2.02. The van der Waals surface area contributed by atoms with E-state index in [0.717, 1.165) is 6.26 Å². The van der Waals surface area contributed by atoms with E-state index in [1.165, 1.54) is 24.3 Å². The molecule has 2 aromatic rings. The number of sulfonamides is 1. The van der Waals surface area contributed by atoms with E-state index in [0.29, 0.717) is 11.1 Å². The summed E-state index contributed by atoms with van der Waals surface area (Å²) in [6, 6.07) is 10.4. The van der Waals surface area contributed by atoms with Crippen LogP contribution in [-0.2, 0) is 26.4 Å². The molecule has 7 nitrogen and oxygen atoms in total. The summed E-state index contributed by atoms with van der Waals surface area (Å²) in [7, 11) is -7.06. The Hall–Kier alpha value is -2.23. The fourth-order valence-corrected chi connectivity index (χ4v) is 4.52. The molecule has 0 aromatic heterocycles. The summed E-state index contributed by atoms with van der Waals surface area (Å²) < 4.78 is 50.5. The van der Waals surface area contributed by atoms with Crippen LogP contribution in [0.5, 0.6) is 0 Å². The molecule has 0 aliphatic rings. The summed E-state index contributed by atoms with van der Waals surface area (Å²) in [6.07, 6.45) is 1.08. The number of amides is 1. The Morgan fingerprint density at radius 3 is 2.29 bits per heavy atom. The van der Waals surface area contributed by atoms with Crippen LogP contribution in [-0.4, -0.2) is 35.0 Å². The van der Waals surface area contributed by atoms with Crippen LogP contribution < -0.4 is 10.0 Å². The minimum absolute atomic E-state index is 0.0658. The molecule has 152 valence electrons. The number of carbonyl (C=O) groups excluding carboxylic acids is 1. The molecule has 0 bridgehead atoms. The van der Waals surface area contributed by atoms with Gasteiger partial charge in [0.15, 0.2) is 9.84 Å². The van der Waals surface area contributed by atoms with Crippen molar-refractivity contribution in [1.29, 1.82) is 0 Å². The maximum atomic E-state index is 12.5. The zero-order chi connectivity index (χ0) is 21.1. The molecule has 2 N–H and O–H groups in total. The first-order valence-corrected chi connectivity index (χ1v) is 12.0. The van der Waals surface area contributed by atoms with Crippen LogP contribution in [0.25, 0.3) is 0 Å². The number of nitrogens with one attached hydrogen (secondary N) is 2. The average molecular weight is 425 g/mol. The van der Waals surface area contributed by atoms with Gasteiger partial charge in [0.25, 0.3) is 5.91 Å². The van der Waals surface area contributed by atoms with Gasteiger partial charge >= 0.3 is 0 Å². The first-order chi connectivity index (χ1) is 12.9. The second-order valence-corrected chi connectivity index (χ2v) is 10.6. The first-order valence-electron chi connectivity index (χ1n) is 8.60. The molecule has 0 atom stereocenters. The van der Waals surface area contributed by atoms with E-state index in [1.807, 2.05) is 0 Å². The zero-order valence-electron chi connectivity index (χ0n) is 16.2. The van der Waals surface area contributed by atoms with Gasteiger partial charge in [0, 0.05) is 24.4 Å². The zero-order valence-corrected chi connectivity index (χ0v) is 17.8. The summed E-state index contributed by atoms with van der Waals surface area (Å²) in [5.41, 5.74) is 1.51. The molecule has 0 saturated carbocycles. The van der Waals surface area contributed by atoms with Crippen molar-refractivity contribution >= 4 is 25.8 Å². The highest BCUT2D eigenvalue weighted by atomic mass is 32.2. The predicted molar refractivity (Wildman–Crippen MR) is 107 cm³/mol. The lowest BCUT2D eigenvalue weighted by Gasteiger charge is -2.12. The standard InChI is InChI=1S/C19H24N2O5S2/c1-13(2)21-28(25,26)17-7-5-6-15(10-17)12-20-19(22)18-11-16(27(4,23)24)9-8-14(18)3/h5-11,13,21H,12H2,1-4H3,(H,20,22). The summed E-state index contributed by atoms with van der Waals surface area (Å²) in [6.45, 7) is 5.28. The summed E-state index contributed by atoms with van der Waals surface area (Å²) in [5.74, 6) is -0.434. The van der Waals surface area contributed by atoms with Crippen LogP contribution in [0, 0.1) is 6.92 Å². The third-order valence-electron chi connectivity index (χ3n) is 3.93. The number of aryl methyl sites for hydroxylation is 1. The van der Waals surface area contributed by atoms with E-state index in [9.17, 15) is 21.6 Å². The van der Waals surface area contributed by atoms with Gasteiger partial charge < -0.3 is 5.32 Å². The summed E-state index contributed by atoms with van der Waals surface area (Å²) in [4.78, 5) is 12.7. The Bertz CT molecular complexity index is 1090. The van der Waals surface area contributed by atoms with Gasteiger partial charge in [-0.25, -0.2) is 21.6 Å². The topological polar surface area (TPSA) is 109 Å². The Labute approximate surface area is 166 Å². The SMILES string of the molecule is Cc1ccc(S(C)(=O)=O)cc1C(=O)NCc1cccc(S(=O)(=O)NC(C)C)c1. The summed E-state index contributed by atoms with van der Waals surface area (Å²) >= 11 is 0. The van der Waals surface area contributed by atoms with Crippen LogP contribution in [0.1, 0.15) is 35.3 Å². The van der Waals surface area contributed by atoms with Crippen molar-refractivity contribution in [3.63, 3.8) is 0 Å². The minimum atomic E-state index is -3.63. The highest BCUT2D eigenvalue weighted by Crippen LogP contribution is 2.16. The second kappa shape index (κ2) is 8.42. The number of hydrogen-bond acceptors (Lipinski definition) is 5. The third kappa shape index (κ3) is 5.63. The molecule has 28 heavy (non-hydrogen) atoms. The van der Waals surface area contributed by atoms with Crippen molar-refractivity contribution in [2.24, 2.45) is 0 Å². The van der Waals surface area contributed by atoms with Crippen LogP contribution in [0.4, 0.5) is 0 Å². The molecule has 0 spiro atoms. The van der Waals surface area contributed by atoms with E-state index >= 15 is 0 Å². The Morgan fingerprint density at radius 1 is 1.00 bits per heavy atom. The van der Waals surface area contributed by atoms with Crippen molar-refractivity contribution in [2.45, 2.75) is 43.1 Å². The molecule has 0 unspecified atom stereocenters. The largest absolute Gasteiger partial charge is 0.348 e. The number of carbonyl (C=O) groups is 1. The lowest BCUT2D eigenvalue weighted by Crippen LogP contribution is -2.30. The van der Waals surface area contributed by atoms with Crippen LogP contribution in [0.15, 0.2) is 52.3 Å². The van der Waals surface area contributed by atoms with Crippen molar-refractivity contribution in [2.75, 3.05) is 6.26 Å². The normalized spacial score (nSPS) is 12.2. The first kappa shape index (κ1) is 22.1. The van der Waals surface area contributed by atoms with E-state index in [1.54, 1.807) is 39.0 Å². The lowest BCUT2D eigenvalue weighted by molar-refractivity contribution is 0.0950. The molecule has 2 rings (SSSR count). The summed E-state index contributed by atoms with van der Waals surface area (Å²) in [5, 5.41) is 2.71. The third-order valence-corrected chi connectivity index (χ3v) is 6.70. The van der Waals surface area contributed by atoms with Gasteiger partial charge in [0.05, 0.1) is 9.79 Å². The van der Waals surface area contributed by atoms with Crippen molar-refractivity contribution in [1.82, 2.24) is 10.0 Å². The van der Waals surface area contributed by atoms with Crippen LogP contribution in [0.3, 0.4) is 0 Å². The van der Waals surface area contributed by atoms with E-state index in [-0.39, 0.29) is 27.9 Å². The fourth-order valence-electron chi connectivity index (χ4n) is 2.55. The van der Waals surface area contributed by atoms with E-state index in [2.05, 4.69) is 10.0 Å². The van der Waals surface area contributed by atoms with E-state index in [4.69, 9.17) is 0 Å². The fraction of sp³-hybridized carbons (Fsp3) is 0.316. The lowest BCUT2D eigenvalue weighted by atomic mass is 10.1. The molecule has 0 aliphatic heterocycles. The Kier molecular flexibility index (Phi) is 6.63. The van der Waals surface area contributed by atoms with Crippen molar-refractivity contribution in [3.05, 3.63) is 59.2 Å². The quantitative estimate of drug-likeness (QED) is 0.707. The van der Waals surface area contributed by atoms with Gasteiger partial charge in [-0.05, 0) is 56.2 Å².